The third-order valence-corrected chi connectivity index (χ3v) is 2.10. The van der Waals surface area contributed by atoms with Crippen molar-refractivity contribution >= 4 is 18.0 Å². The van der Waals surface area contributed by atoms with Gasteiger partial charge in [-0.1, -0.05) is 24.3 Å². The molecule has 0 saturated carbocycles. The van der Waals surface area contributed by atoms with Crippen LogP contribution in [-0.2, 0) is 16.0 Å². The van der Waals surface area contributed by atoms with Gasteiger partial charge in [-0.25, -0.2) is 4.79 Å². The SMILES string of the molecule is O=C(O)CCc1ccc(/C=C(\F)C(=O)O)cc1. The van der Waals surface area contributed by atoms with Gasteiger partial charge < -0.3 is 10.2 Å². The summed E-state index contributed by atoms with van der Waals surface area (Å²) >= 11 is 0. The molecule has 17 heavy (non-hydrogen) atoms. The van der Waals surface area contributed by atoms with Crippen molar-refractivity contribution in [1.82, 2.24) is 0 Å². The fourth-order valence-electron chi connectivity index (χ4n) is 1.24. The summed E-state index contributed by atoms with van der Waals surface area (Å²) in [7, 11) is 0. The Labute approximate surface area is 97.0 Å². The van der Waals surface area contributed by atoms with Gasteiger partial charge >= 0.3 is 11.9 Å². The first-order chi connectivity index (χ1) is 7.99. The number of rotatable bonds is 5. The van der Waals surface area contributed by atoms with E-state index in [4.69, 9.17) is 10.2 Å². The van der Waals surface area contributed by atoms with Crippen LogP contribution in [0.15, 0.2) is 30.1 Å². The molecular formula is C12H11FO4. The highest BCUT2D eigenvalue weighted by atomic mass is 19.1. The topological polar surface area (TPSA) is 74.6 Å². The van der Waals surface area contributed by atoms with Gasteiger partial charge in [0.1, 0.15) is 0 Å². The van der Waals surface area contributed by atoms with E-state index in [0.29, 0.717) is 12.0 Å². The maximum Gasteiger partial charge on any atom is 0.364 e. The average molecular weight is 238 g/mol. The molecule has 0 aliphatic carbocycles. The van der Waals surface area contributed by atoms with Crippen LogP contribution in [0.25, 0.3) is 6.08 Å². The molecule has 0 radical (unpaired) electrons. The van der Waals surface area contributed by atoms with Gasteiger partial charge in [0, 0.05) is 6.42 Å². The molecule has 0 bridgehead atoms. The molecule has 0 atom stereocenters. The van der Waals surface area contributed by atoms with Gasteiger partial charge in [-0.05, 0) is 23.6 Å². The number of aryl methyl sites for hydroxylation is 1. The van der Waals surface area contributed by atoms with Gasteiger partial charge in [-0.15, -0.1) is 0 Å². The second-order valence-corrected chi connectivity index (χ2v) is 3.43. The predicted molar refractivity (Wildman–Crippen MR) is 59.1 cm³/mol. The van der Waals surface area contributed by atoms with E-state index in [2.05, 4.69) is 0 Å². The van der Waals surface area contributed by atoms with Gasteiger partial charge in [0.05, 0.1) is 0 Å². The van der Waals surface area contributed by atoms with Crippen molar-refractivity contribution in [2.75, 3.05) is 0 Å². The summed E-state index contributed by atoms with van der Waals surface area (Å²) in [6.45, 7) is 0. The Hall–Kier alpha value is -2.17. The van der Waals surface area contributed by atoms with Crippen molar-refractivity contribution in [1.29, 1.82) is 0 Å². The van der Waals surface area contributed by atoms with E-state index in [0.717, 1.165) is 11.6 Å². The molecule has 0 aliphatic heterocycles. The van der Waals surface area contributed by atoms with Crippen LogP contribution in [0.3, 0.4) is 0 Å². The maximum atomic E-state index is 12.7. The first-order valence-electron chi connectivity index (χ1n) is 4.90. The van der Waals surface area contributed by atoms with E-state index in [1.54, 1.807) is 24.3 Å². The summed E-state index contributed by atoms with van der Waals surface area (Å²) in [6, 6.07) is 6.37. The highest BCUT2D eigenvalue weighted by Gasteiger charge is 2.05. The molecule has 0 aromatic heterocycles. The number of carboxylic acids is 2. The second kappa shape index (κ2) is 5.79. The van der Waals surface area contributed by atoms with Gasteiger partial charge in [-0.2, -0.15) is 4.39 Å². The molecule has 0 spiro atoms. The number of halogens is 1. The molecular weight excluding hydrogens is 227 g/mol. The molecule has 1 rings (SSSR count). The van der Waals surface area contributed by atoms with Gasteiger partial charge in [0.2, 0.25) is 5.83 Å². The Kier molecular flexibility index (Phi) is 4.39. The van der Waals surface area contributed by atoms with Crippen molar-refractivity contribution in [3.05, 3.63) is 41.2 Å². The molecule has 90 valence electrons. The lowest BCUT2D eigenvalue weighted by Crippen LogP contribution is -1.97. The predicted octanol–water partition coefficient (Wildman–Crippen LogP) is 2.10. The zero-order chi connectivity index (χ0) is 12.8. The van der Waals surface area contributed by atoms with Crippen molar-refractivity contribution in [2.24, 2.45) is 0 Å². The van der Waals surface area contributed by atoms with Crippen LogP contribution < -0.4 is 0 Å². The summed E-state index contributed by atoms with van der Waals surface area (Å²) in [5.41, 5.74) is 1.23. The number of benzene rings is 1. The average Bonchev–Trinajstić information content (AvgIpc) is 2.28. The van der Waals surface area contributed by atoms with Crippen molar-refractivity contribution in [3.8, 4) is 0 Å². The standard InChI is InChI=1S/C12H11FO4/c13-10(12(16)17)7-9-3-1-8(2-4-9)5-6-11(14)15/h1-4,7H,5-6H2,(H,14,15)(H,16,17)/b10-7-. The minimum absolute atomic E-state index is 0.0265. The van der Waals surface area contributed by atoms with Gasteiger partial charge in [0.25, 0.3) is 0 Å². The fourth-order valence-corrected chi connectivity index (χ4v) is 1.24. The number of carbonyl (C=O) groups is 2. The molecule has 0 fully saturated rings. The van der Waals surface area contributed by atoms with Crippen LogP contribution >= 0.6 is 0 Å². The van der Waals surface area contributed by atoms with Gasteiger partial charge in [0.15, 0.2) is 0 Å². The smallest absolute Gasteiger partial charge is 0.364 e. The molecule has 0 saturated heterocycles. The van der Waals surface area contributed by atoms with E-state index < -0.39 is 17.8 Å². The van der Waals surface area contributed by atoms with E-state index in [1.165, 1.54) is 0 Å². The lowest BCUT2D eigenvalue weighted by molar-refractivity contribution is -0.137. The number of hydrogen-bond donors (Lipinski definition) is 2. The first-order valence-corrected chi connectivity index (χ1v) is 4.90. The van der Waals surface area contributed by atoms with E-state index >= 15 is 0 Å². The highest BCUT2D eigenvalue weighted by molar-refractivity contribution is 5.89. The van der Waals surface area contributed by atoms with Crippen LogP contribution in [0.2, 0.25) is 0 Å². The van der Waals surface area contributed by atoms with Crippen LogP contribution in [-0.4, -0.2) is 22.2 Å². The molecule has 5 heteroatoms. The molecule has 4 nitrogen and oxygen atoms in total. The minimum atomic E-state index is -1.61. The monoisotopic (exact) mass is 238 g/mol. The summed E-state index contributed by atoms with van der Waals surface area (Å²) < 4.78 is 12.7. The Morgan fingerprint density at radius 1 is 1.18 bits per heavy atom. The third kappa shape index (κ3) is 4.46. The van der Waals surface area contributed by atoms with Gasteiger partial charge in [-0.3, -0.25) is 4.79 Å². The Morgan fingerprint density at radius 3 is 2.24 bits per heavy atom. The highest BCUT2D eigenvalue weighted by Crippen LogP contribution is 2.11. The minimum Gasteiger partial charge on any atom is -0.481 e. The van der Waals surface area contributed by atoms with Crippen LogP contribution in [0.5, 0.6) is 0 Å². The molecule has 2 N–H and O–H groups in total. The van der Waals surface area contributed by atoms with Crippen molar-refractivity contribution < 1.29 is 24.2 Å². The van der Waals surface area contributed by atoms with Crippen LogP contribution in [0.4, 0.5) is 4.39 Å². The quantitative estimate of drug-likeness (QED) is 0.770. The lowest BCUT2D eigenvalue weighted by Gasteiger charge is -1.99. The Balaban J connectivity index is 2.71. The maximum absolute atomic E-state index is 12.7. The van der Waals surface area contributed by atoms with E-state index in [9.17, 15) is 14.0 Å². The number of aliphatic carboxylic acids is 2. The van der Waals surface area contributed by atoms with Crippen molar-refractivity contribution in [3.63, 3.8) is 0 Å². The summed E-state index contributed by atoms with van der Waals surface area (Å²) in [4.78, 5) is 20.6. The number of carboxylic acid groups (broad SMARTS) is 2. The largest absolute Gasteiger partial charge is 0.481 e. The van der Waals surface area contributed by atoms with E-state index in [-0.39, 0.29) is 6.42 Å². The second-order valence-electron chi connectivity index (χ2n) is 3.43. The molecule has 1 aromatic rings. The molecule has 1 aromatic carbocycles. The van der Waals surface area contributed by atoms with Crippen molar-refractivity contribution in [2.45, 2.75) is 12.8 Å². The van der Waals surface area contributed by atoms with Crippen LogP contribution in [0, 0.1) is 0 Å². The van der Waals surface area contributed by atoms with Crippen LogP contribution in [0.1, 0.15) is 17.5 Å². The normalized spacial score (nSPS) is 11.2. The summed E-state index contributed by atoms with van der Waals surface area (Å²) in [6.07, 6.45) is 1.32. The molecule has 0 unspecified atom stereocenters. The number of hydrogen-bond acceptors (Lipinski definition) is 2. The van der Waals surface area contributed by atoms with E-state index in [1.807, 2.05) is 0 Å². The lowest BCUT2D eigenvalue weighted by atomic mass is 10.1. The summed E-state index contributed by atoms with van der Waals surface area (Å²) in [5, 5.41) is 16.8. The Morgan fingerprint density at radius 2 is 1.76 bits per heavy atom. The third-order valence-electron chi connectivity index (χ3n) is 2.10. The fraction of sp³-hybridized carbons (Fsp3) is 0.167. The zero-order valence-electron chi connectivity index (χ0n) is 8.89. The Bertz CT molecular complexity index is 448. The molecule has 0 aliphatic rings. The first kappa shape index (κ1) is 12.9. The molecule has 0 heterocycles. The molecule has 0 amide bonds. The summed E-state index contributed by atoms with van der Waals surface area (Å²) in [5.74, 6) is -3.73. The zero-order valence-corrected chi connectivity index (χ0v) is 8.89.